The van der Waals surface area contributed by atoms with E-state index in [0.29, 0.717) is 45.1 Å². The van der Waals surface area contributed by atoms with Gasteiger partial charge in [0.15, 0.2) is 0 Å². The topological polar surface area (TPSA) is 167 Å². The highest BCUT2D eigenvalue weighted by Crippen LogP contribution is 2.38. The molecule has 2 N–H and O–H groups in total. The first kappa shape index (κ1) is 27.3. The second-order valence-corrected chi connectivity index (χ2v) is 9.89. The number of aromatic nitrogens is 3. The van der Waals surface area contributed by atoms with Gasteiger partial charge in [-0.15, -0.1) is 5.10 Å². The molecule has 0 radical (unpaired) electrons. The summed E-state index contributed by atoms with van der Waals surface area (Å²) < 4.78 is 6.95. The Morgan fingerprint density at radius 1 is 1.02 bits per heavy atom. The Kier molecular flexibility index (Phi) is 7.65. The number of ether oxygens (including phenoxy) is 1. The van der Waals surface area contributed by atoms with E-state index in [1.54, 1.807) is 60.1 Å². The van der Waals surface area contributed by atoms with Crippen molar-refractivity contribution in [1.82, 2.24) is 14.8 Å². The molecule has 41 heavy (non-hydrogen) atoms. The molecule has 1 atom stereocenters. The molecule has 5 rings (SSSR count). The number of carbonyl (C=O) groups excluding carboxylic acids is 1. The molecule has 1 amide bonds. The Bertz CT molecular complexity index is 1670. The first-order valence-electron chi connectivity index (χ1n) is 12.2. The normalized spacial score (nSPS) is 14.1. The molecule has 4 aromatic rings. The number of nitrogens with zero attached hydrogens (tertiary/aromatic N) is 5. The zero-order valence-corrected chi connectivity index (χ0v) is 22.6. The summed E-state index contributed by atoms with van der Waals surface area (Å²) in [4.78, 5) is 39.6. The van der Waals surface area contributed by atoms with Crippen LogP contribution in [0.2, 0.25) is 0 Å². The van der Waals surface area contributed by atoms with E-state index in [-0.39, 0.29) is 11.4 Å². The van der Waals surface area contributed by atoms with E-state index >= 15 is 0 Å². The number of fused-ring (bicyclic) bond motifs is 1. The molecule has 13 nitrogen and oxygen atoms in total. The third kappa shape index (κ3) is 5.72. The smallest absolute Gasteiger partial charge is 0.269 e. The predicted molar refractivity (Wildman–Crippen MR) is 152 cm³/mol. The van der Waals surface area contributed by atoms with Crippen molar-refractivity contribution < 1.29 is 19.4 Å². The fourth-order valence-corrected chi connectivity index (χ4v) is 5.16. The van der Waals surface area contributed by atoms with Gasteiger partial charge >= 0.3 is 0 Å². The summed E-state index contributed by atoms with van der Waals surface area (Å²) in [5, 5.41) is 33.3. The van der Waals surface area contributed by atoms with E-state index in [2.05, 4.69) is 20.7 Å². The van der Waals surface area contributed by atoms with Gasteiger partial charge in [0.2, 0.25) is 11.1 Å². The predicted octanol–water partition coefficient (Wildman–Crippen LogP) is 5.32. The van der Waals surface area contributed by atoms with Crippen LogP contribution in [0.25, 0.3) is 0 Å². The van der Waals surface area contributed by atoms with Gasteiger partial charge in [0.05, 0.1) is 28.2 Å². The monoisotopic (exact) mass is 573 g/mol. The average Bonchev–Trinajstić information content (AvgIpc) is 3.38. The summed E-state index contributed by atoms with van der Waals surface area (Å²) in [6.45, 7) is 1.75. The van der Waals surface area contributed by atoms with Crippen molar-refractivity contribution in [3.05, 3.63) is 115 Å². The van der Waals surface area contributed by atoms with Crippen molar-refractivity contribution in [2.24, 2.45) is 0 Å². The number of non-ortho nitro benzene ring substituents is 2. The van der Waals surface area contributed by atoms with Crippen LogP contribution in [-0.4, -0.2) is 37.6 Å². The Morgan fingerprint density at radius 2 is 1.66 bits per heavy atom. The third-order valence-electron chi connectivity index (χ3n) is 6.37. The number of methoxy groups -OCH3 is 1. The van der Waals surface area contributed by atoms with E-state index in [0.717, 1.165) is 5.56 Å². The minimum absolute atomic E-state index is 0.00458. The number of para-hydroxylation sites is 2. The fraction of sp³-hybridized carbons (Fsp3) is 0.148. The van der Waals surface area contributed by atoms with Crippen molar-refractivity contribution in [3.63, 3.8) is 0 Å². The molecule has 0 saturated heterocycles. The van der Waals surface area contributed by atoms with E-state index in [1.165, 1.54) is 43.1 Å². The van der Waals surface area contributed by atoms with Gasteiger partial charge in [-0.2, -0.15) is 4.98 Å². The van der Waals surface area contributed by atoms with Crippen LogP contribution in [0.3, 0.4) is 0 Å². The van der Waals surface area contributed by atoms with Gasteiger partial charge in [-0.05, 0) is 42.3 Å². The number of rotatable bonds is 9. The van der Waals surface area contributed by atoms with Crippen molar-refractivity contribution in [3.8, 4) is 5.75 Å². The number of nitro benzene ring substituents is 2. The van der Waals surface area contributed by atoms with Crippen LogP contribution in [0.5, 0.6) is 5.75 Å². The van der Waals surface area contributed by atoms with Crippen LogP contribution in [0.15, 0.2) is 89.2 Å². The number of amides is 1. The zero-order valence-electron chi connectivity index (χ0n) is 21.8. The molecule has 0 saturated carbocycles. The Hall–Kier alpha value is -5.24. The van der Waals surface area contributed by atoms with Crippen LogP contribution >= 0.6 is 11.8 Å². The summed E-state index contributed by atoms with van der Waals surface area (Å²) >= 11 is 1.33. The van der Waals surface area contributed by atoms with Gasteiger partial charge in [0.1, 0.15) is 11.8 Å². The van der Waals surface area contributed by atoms with Crippen molar-refractivity contribution in [2.45, 2.75) is 23.9 Å². The Labute approximate surface area is 237 Å². The van der Waals surface area contributed by atoms with Crippen molar-refractivity contribution in [2.75, 3.05) is 17.7 Å². The summed E-state index contributed by atoms with van der Waals surface area (Å²) in [7, 11) is 1.51. The molecule has 0 spiro atoms. The number of nitro groups is 2. The van der Waals surface area contributed by atoms with Gasteiger partial charge < -0.3 is 15.4 Å². The molecular weight excluding hydrogens is 550 g/mol. The second kappa shape index (κ2) is 11.5. The number of thioether (sulfide) groups is 1. The van der Waals surface area contributed by atoms with Gasteiger partial charge in [-0.1, -0.05) is 36.0 Å². The lowest BCUT2D eigenvalue weighted by Crippen LogP contribution is -2.31. The Balaban J connectivity index is 1.48. The summed E-state index contributed by atoms with van der Waals surface area (Å²) in [5.74, 6) is 0.924. The third-order valence-corrected chi connectivity index (χ3v) is 7.28. The standard InChI is InChI=1S/C27H23N7O6S/c1-16-23(25(35)29-21-5-3-4-6-22(21)40-2)24(18-9-13-20(14-10-18)34(38)39)32-26(28-16)30-27(31-32)41-15-17-7-11-19(12-8-17)33(36)37/h3-14,24H,15H2,1-2H3,(H,29,35)(H,28,30,31). The molecule has 0 aliphatic carbocycles. The average molecular weight is 574 g/mol. The highest BCUT2D eigenvalue weighted by atomic mass is 32.2. The molecule has 2 heterocycles. The first-order valence-corrected chi connectivity index (χ1v) is 13.2. The van der Waals surface area contributed by atoms with Crippen molar-refractivity contribution >= 4 is 40.7 Å². The fourth-order valence-electron chi connectivity index (χ4n) is 4.37. The van der Waals surface area contributed by atoms with Crippen LogP contribution in [0.1, 0.15) is 24.1 Å². The molecular formula is C27H23N7O6S. The molecule has 0 fully saturated rings. The van der Waals surface area contributed by atoms with Gasteiger partial charge in [-0.3, -0.25) is 25.0 Å². The minimum Gasteiger partial charge on any atom is -0.495 e. The minimum atomic E-state index is -0.747. The van der Waals surface area contributed by atoms with Crippen LogP contribution in [-0.2, 0) is 10.5 Å². The SMILES string of the molecule is COc1ccccc1NC(=O)C1=C(C)Nc2nc(SCc3ccc([N+](=O)[O-])cc3)nn2C1c1ccc([N+](=O)[O-])cc1. The van der Waals surface area contributed by atoms with E-state index in [4.69, 9.17) is 4.74 Å². The zero-order chi connectivity index (χ0) is 29.1. The maximum Gasteiger partial charge on any atom is 0.269 e. The number of hydrogen-bond donors (Lipinski definition) is 2. The van der Waals surface area contributed by atoms with E-state index in [1.807, 2.05) is 0 Å². The molecule has 1 aliphatic rings. The largest absolute Gasteiger partial charge is 0.495 e. The number of benzene rings is 3. The quantitative estimate of drug-likeness (QED) is 0.152. The second-order valence-electron chi connectivity index (χ2n) is 8.94. The number of allylic oxidation sites excluding steroid dienone is 1. The lowest BCUT2D eigenvalue weighted by molar-refractivity contribution is -0.385. The van der Waals surface area contributed by atoms with E-state index < -0.39 is 21.8 Å². The maximum atomic E-state index is 13.7. The molecule has 208 valence electrons. The maximum absolute atomic E-state index is 13.7. The Morgan fingerprint density at radius 3 is 2.29 bits per heavy atom. The van der Waals surface area contributed by atoms with Crippen molar-refractivity contribution in [1.29, 1.82) is 0 Å². The molecule has 14 heteroatoms. The lowest BCUT2D eigenvalue weighted by atomic mass is 9.95. The first-order chi connectivity index (χ1) is 19.7. The molecule has 3 aromatic carbocycles. The molecule has 1 aliphatic heterocycles. The lowest BCUT2D eigenvalue weighted by Gasteiger charge is -2.28. The van der Waals surface area contributed by atoms with Crippen LogP contribution < -0.4 is 15.4 Å². The number of hydrogen-bond acceptors (Lipinski definition) is 10. The van der Waals surface area contributed by atoms with Gasteiger partial charge in [-0.25, -0.2) is 4.68 Å². The van der Waals surface area contributed by atoms with Gasteiger partial charge in [0.25, 0.3) is 17.3 Å². The molecule has 1 aromatic heterocycles. The summed E-state index contributed by atoms with van der Waals surface area (Å²) in [6, 6.07) is 18.4. The molecule has 0 bridgehead atoms. The number of carbonyl (C=O) groups is 1. The van der Waals surface area contributed by atoms with Crippen LogP contribution in [0.4, 0.5) is 23.0 Å². The number of anilines is 2. The van der Waals surface area contributed by atoms with Crippen LogP contribution in [0, 0.1) is 20.2 Å². The molecule has 1 unspecified atom stereocenters. The highest BCUT2D eigenvalue weighted by Gasteiger charge is 2.35. The summed E-state index contributed by atoms with van der Waals surface area (Å²) in [5.41, 5.74) is 2.72. The summed E-state index contributed by atoms with van der Waals surface area (Å²) in [6.07, 6.45) is 0. The number of nitrogens with one attached hydrogen (secondary N) is 2. The van der Waals surface area contributed by atoms with E-state index in [9.17, 15) is 25.0 Å². The van der Waals surface area contributed by atoms with Gasteiger partial charge in [0, 0.05) is 35.7 Å². The highest BCUT2D eigenvalue weighted by molar-refractivity contribution is 7.98.